The van der Waals surface area contributed by atoms with Gasteiger partial charge in [0.05, 0.1) is 12.3 Å². The standard InChI is InChI=1S/C36H41NO5/c1-3-24(2)25-9-15-29(16-10-25)33(38)23-32(28-13-19-31(20-14-28)36(42)37-22-21-34(39)40)35(41)30-17-11-27(12-18-30)26-7-5-4-6-8-26/h9-20,24,26,32H,3-8,21-23H2,1-2H3,(H,37,42)(H,39,40). The first kappa shape index (κ1) is 30.9. The fourth-order valence-electron chi connectivity index (χ4n) is 5.71. The minimum absolute atomic E-state index is 0.00996. The van der Waals surface area contributed by atoms with Crippen molar-refractivity contribution < 1.29 is 24.3 Å². The van der Waals surface area contributed by atoms with Crippen LogP contribution in [0.25, 0.3) is 0 Å². The predicted molar refractivity (Wildman–Crippen MR) is 164 cm³/mol. The molecule has 3 aromatic carbocycles. The number of carbonyl (C=O) groups excluding carboxylic acids is 3. The van der Waals surface area contributed by atoms with Gasteiger partial charge in [-0.05, 0) is 59.9 Å². The minimum atomic E-state index is -0.988. The van der Waals surface area contributed by atoms with Gasteiger partial charge in [0.1, 0.15) is 0 Å². The third kappa shape index (κ3) is 8.03. The number of amides is 1. The van der Waals surface area contributed by atoms with Crippen LogP contribution >= 0.6 is 0 Å². The van der Waals surface area contributed by atoms with E-state index in [0.717, 1.165) is 6.42 Å². The van der Waals surface area contributed by atoms with Crippen LogP contribution in [0.15, 0.2) is 72.8 Å². The zero-order chi connectivity index (χ0) is 30.1. The maximum absolute atomic E-state index is 13.9. The summed E-state index contributed by atoms with van der Waals surface area (Å²) < 4.78 is 0. The fraction of sp³-hybridized carbons (Fsp3) is 0.389. The summed E-state index contributed by atoms with van der Waals surface area (Å²) in [5.74, 6) is -1.39. The van der Waals surface area contributed by atoms with E-state index in [4.69, 9.17) is 5.11 Å². The van der Waals surface area contributed by atoms with Crippen molar-refractivity contribution in [3.63, 3.8) is 0 Å². The van der Waals surface area contributed by atoms with Crippen molar-refractivity contribution >= 4 is 23.4 Å². The van der Waals surface area contributed by atoms with E-state index < -0.39 is 11.9 Å². The molecule has 3 aromatic rings. The summed E-state index contributed by atoms with van der Waals surface area (Å²) in [6.07, 6.45) is 6.97. The van der Waals surface area contributed by atoms with Gasteiger partial charge in [-0.25, -0.2) is 0 Å². The molecule has 42 heavy (non-hydrogen) atoms. The van der Waals surface area contributed by atoms with Gasteiger partial charge >= 0.3 is 5.97 Å². The molecule has 0 bridgehead atoms. The molecule has 0 saturated heterocycles. The van der Waals surface area contributed by atoms with Crippen LogP contribution in [0, 0.1) is 0 Å². The second-order valence-electron chi connectivity index (χ2n) is 11.5. The number of Topliss-reactive ketones (excluding diaryl/α,β-unsaturated/α-hetero) is 2. The molecule has 2 atom stereocenters. The summed E-state index contributed by atoms with van der Waals surface area (Å²) in [4.78, 5) is 50.6. The number of hydrogen-bond acceptors (Lipinski definition) is 4. The van der Waals surface area contributed by atoms with Crippen LogP contribution in [0.2, 0.25) is 0 Å². The molecule has 0 spiro atoms. The Labute approximate surface area is 248 Å². The van der Waals surface area contributed by atoms with Gasteiger partial charge in [-0.1, -0.05) is 93.8 Å². The zero-order valence-corrected chi connectivity index (χ0v) is 24.6. The highest BCUT2D eigenvalue weighted by Crippen LogP contribution is 2.34. The van der Waals surface area contributed by atoms with Crippen molar-refractivity contribution in [1.82, 2.24) is 5.32 Å². The van der Waals surface area contributed by atoms with Crippen LogP contribution in [0.3, 0.4) is 0 Å². The van der Waals surface area contributed by atoms with Crippen molar-refractivity contribution in [3.8, 4) is 0 Å². The van der Waals surface area contributed by atoms with Gasteiger partial charge in [0.15, 0.2) is 11.6 Å². The number of aliphatic carboxylic acids is 1. The Morgan fingerprint density at radius 1 is 0.786 bits per heavy atom. The summed E-state index contributed by atoms with van der Waals surface area (Å²) in [5, 5.41) is 11.4. The van der Waals surface area contributed by atoms with Crippen molar-refractivity contribution in [2.45, 2.75) is 83.0 Å². The lowest BCUT2D eigenvalue weighted by atomic mass is 9.82. The lowest BCUT2D eigenvalue weighted by Gasteiger charge is -2.22. The van der Waals surface area contributed by atoms with E-state index >= 15 is 0 Å². The third-order valence-electron chi connectivity index (χ3n) is 8.59. The average Bonchev–Trinajstić information content (AvgIpc) is 3.03. The number of nitrogens with one attached hydrogen (secondary N) is 1. The topological polar surface area (TPSA) is 101 Å². The molecule has 1 saturated carbocycles. The molecule has 1 amide bonds. The molecule has 1 fully saturated rings. The van der Waals surface area contributed by atoms with Crippen LogP contribution in [0.5, 0.6) is 0 Å². The maximum atomic E-state index is 13.9. The molecule has 0 aromatic heterocycles. The molecule has 4 rings (SSSR count). The first-order chi connectivity index (χ1) is 20.3. The quantitative estimate of drug-likeness (QED) is 0.206. The van der Waals surface area contributed by atoms with Gasteiger partial charge in [0, 0.05) is 29.7 Å². The number of benzene rings is 3. The lowest BCUT2D eigenvalue weighted by Crippen LogP contribution is -2.26. The van der Waals surface area contributed by atoms with Gasteiger partial charge < -0.3 is 10.4 Å². The molecule has 6 nitrogen and oxygen atoms in total. The second-order valence-corrected chi connectivity index (χ2v) is 11.5. The maximum Gasteiger partial charge on any atom is 0.305 e. The molecule has 1 aliphatic rings. The molecule has 0 heterocycles. The van der Waals surface area contributed by atoms with Crippen LogP contribution in [0.1, 0.15) is 131 Å². The highest BCUT2D eigenvalue weighted by atomic mass is 16.4. The van der Waals surface area contributed by atoms with Crippen molar-refractivity contribution in [3.05, 3.63) is 106 Å². The van der Waals surface area contributed by atoms with Gasteiger partial charge in [-0.15, -0.1) is 0 Å². The first-order valence-corrected chi connectivity index (χ1v) is 15.1. The molecular weight excluding hydrogens is 526 g/mol. The summed E-state index contributed by atoms with van der Waals surface area (Å²) in [7, 11) is 0. The Kier molecular flexibility index (Phi) is 10.8. The van der Waals surface area contributed by atoms with E-state index in [-0.39, 0.29) is 36.9 Å². The molecule has 220 valence electrons. The van der Waals surface area contributed by atoms with E-state index in [0.29, 0.717) is 34.1 Å². The number of carbonyl (C=O) groups is 4. The Morgan fingerprint density at radius 2 is 1.36 bits per heavy atom. The second kappa shape index (κ2) is 14.7. The molecule has 2 unspecified atom stereocenters. The third-order valence-corrected chi connectivity index (χ3v) is 8.59. The summed E-state index contributed by atoms with van der Waals surface area (Å²) in [6, 6.07) is 22.2. The minimum Gasteiger partial charge on any atom is -0.481 e. The molecule has 0 aliphatic heterocycles. The highest BCUT2D eigenvalue weighted by molar-refractivity contribution is 6.06. The van der Waals surface area contributed by atoms with E-state index in [9.17, 15) is 19.2 Å². The SMILES string of the molecule is CCC(C)c1ccc(C(=O)CC(C(=O)c2ccc(C3CCCCC3)cc2)c2ccc(C(=O)NCCC(=O)O)cc2)cc1. The number of carboxylic acids is 1. The Bertz CT molecular complexity index is 1370. The normalized spacial score (nSPS) is 15.0. The smallest absolute Gasteiger partial charge is 0.305 e. The lowest BCUT2D eigenvalue weighted by molar-refractivity contribution is -0.136. The van der Waals surface area contributed by atoms with Gasteiger partial charge in [0.2, 0.25) is 0 Å². The molecule has 1 aliphatic carbocycles. The van der Waals surface area contributed by atoms with E-state index in [1.807, 2.05) is 36.4 Å². The van der Waals surface area contributed by atoms with Crippen molar-refractivity contribution in [2.24, 2.45) is 0 Å². The molecular formula is C36H41NO5. The van der Waals surface area contributed by atoms with E-state index in [1.165, 1.54) is 43.2 Å². The summed E-state index contributed by atoms with van der Waals surface area (Å²) in [5.41, 5.74) is 4.59. The predicted octanol–water partition coefficient (Wildman–Crippen LogP) is 7.69. The van der Waals surface area contributed by atoms with Crippen LogP contribution in [-0.4, -0.2) is 35.1 Å². The van der Waals surface area contributed by atoms with E-state index in [2.05, 4.69) is 31.3 Å². The summed E-state index contributed by atoms with van der Waals surface area (Å²) >= 11 is 0. The molecule has 6 heteroatoms. The molecule has 2 N–H and O–H groups in total. The number of ketones is 2. The number of hydrogen-bond donors (Lipinski definition) is 2. The number of rotatable bonds is 13. The van der Waals surface area contributed by atoms with Crippen LogP contribution in [0.4, 0.5) is 0 Å². The molecule has 0 radical (unpaired) electrons. The first-order valence-electron chi connectivity index (χ1n) is 15.1. The van der Waals surface area contributed by atoms with Crippen LogP contribution in [-0.2, 0) is 4.79 Å². The monoisotopic (exact) mass is 567 g/mol. The van der Waals surface area contributed by atoms with Gasteiger partial charge in [-0.2, -0.15) is 0 Å². The average molecular weight is 568 g/mol. The van der Waals surface area contributed by atoms with Gasteiger partial charge in [0.25, 0.3) is 5.91 Å². The Balaban J connectivity index is 1.56. The largest absolute Gasteiger partial charge is 0.481 e. The zero-order valence-electron chi connectivity index (χ0n) is 24.6. The Morgan fingerprint density at radius 3 is 1.95 bits per heavy atom. The van der Waals surface area contributed by atoms with Crippen LogP contribution < -0.4 is 5.32 Å². The van der Waals surface area contributed by atoms with Gasteiger partial charge in [-0.3, -0.25) is 19.2 Å². The fourth-order valence-corrected chi connectivity index (χ4v) is 5.71. The van der Waals surface area contributed by atoms with E-state index in [1.54, 1.807) is 24.3 Å². The van der Waals surface area contributed by atoms with Crippen molar-refractivity contribution in [2.75, 3.05) is 6.54 Å². The highest BCUT2D eigenvalue weighted by Gasteiger charge is 2.26. The Hall–Kier alpha value is -4.06. The number of carboxylic acid groups (broad SMARTS) is 1. The summed E-state index contributed by atoms with van der Waals surface area (Å²) in [6.45, 7) is 4.31. The van der Waals surface area contributed by atoms with Crippen molar-refractivity contribution in [1.29, 1.82) is 0 Å².